The lowest BCUT2D eigenvalue weighted by Crippen LogP contribution is -2.39. The van der Waals surface area contributed by atoms with Gasteiger partial charge in [-0.2, -0.15) is 0 Å². The molecular weight excluding hydrogens is 475 g/mol. The molecule has 1 heterocycles. The Morgan fingerprint density at radius 1 is 1.03 bits per heavy atom. The molecule has 158 valence electrons. The first-order valence-electron chi connectivity index (χ1n) is 10.2. The summed E-state index contributed by atoms with van der Waals surface area (Å²) in [5.41, 5.74) is 3.81. The highest BCUT2D eigenvalue weighted by atomic mass is 127. The van der Waals surface area contributed by atoms with Gasteiger partial charge in [0.2, 0.25) is 0 Å². The molecule has 0 saturated carbocycles. The van der Waals surface area contributed by atoms with Gasteiger partial charge in [0.05, 0.1) is 19.8 Å². The smallest absolute Gasteiger partial charge is 0.191 e. The highest BCUT2D eigenvalue weighted by Crippen LogP contribution is 2.17. The third-order valence-corrected chi connectivity index (χ3v) is 5.02. The first-order chi connectivity index (χ1) is 13.8. The van der Waals surface area contributed by atoms with Crippen LogP contribution in [-0.2, 0) is 11.3 Å². The molecular formula is C23H33IN4O. The van der Waals surface area contributed by atoms with Gasteiger partial charge in [-0.25, -0.2) is 4.99 Å². The zero-order valence-electron chi connectivity index (χ0n) is 17.4. The number of benzene rings is 2. The largest absolute Gasteiger partial charge is 0.378 e. The van der Waals surface area contributed by atoms with Crippen LogP contribution in [0, 0.1) is 0 Å². The summed E-state index contributed by atoms with van der Waals surface area (Å²) in [5.74, 6) is 1.29. The van der Waals surface area contributed by atoms with E-state index >= 15 is 0 Å². The van der Waals surface area contributed by atoms with Gasteiger partial charge < -0.3 is 20.3 Å². The van der Waals surface area contributed by atoms with Crippen molar-refractivity contribution in [2.24, 2.45) is 4.99 Å². The summed E-state index contributed by atoms with van der Waals surface area (Å²) >= 11 is 0. The van der Waals surface area contributed by atoms with Gasteiger partial charge in [0, 0.05) is 31.9 Å². The molecule has 0 aromatic heterocycles. The van der Waals surface area contributed by atoms with Crippen LogP contribution in [0.4, 0.5) is 5.69 Å². The topological polar surface area (TPSA) is 48.9 Å². The first kappa shape index (κ1) is 23.5. The van der Waals surface area contributed by atoms with E-state index in [0.29, 0.717) is 12.5 Å². The van der Waals surface area contributed by atoms with Gasteiger partial charge in [0.25, 0.3) is 0 Å². The highest BCUT2D eigenvalue weighted by molar-refractivity contribution is 14.0. The molecule has 2 aromatic rings. The summed E-state index contributed by atoms with van der Waals surface area (Å²) in [6.07, 6.45) is 0. The van der Waals surface area contributed by atoms with Gasteiger partial charge in [0.15, 0.2) is 5.96 Å². The predicted octanol–water partition coefficient (Wildman–Crippen LogP) is 4.00. The minimum Gasteiger partial charge on any atom is -0.378 e. The Kier molecular flexibility index (Phi) is 10.3. The lowest BCUT2D eigenvalue weighted by molar-refractivity contribution is 0.122. The van der Waals surface area contributed by atoms with Crippen LogP contribution < -0.4 is 15.5 Å². The Hall–Kier alpha value is -1.80. The van der Waals surface area contributed by atoms with Crippen molar-refractivity contribution < 1.29 is 4.74 Å². The molecule has 0 amide bonds. The van der Waals surface area contributed by atoms with Crippen molar-refractivity contribution in [3.05, 3.63) is 65.7 Å². The monoisotopic (exact) mass is 508 g/mol. The molecule has 2 N–H and O–H groups in total. The van der Waals surface area contributed by atoms with E-state index in [1.54, 1.807) is 0 Å². The summed E-state index contributed by atoms with van der Waals surface area (Å²) in [5, 5.41) is 6.81. The van der Waals surface area contributed by atoms with Crippen LogP contribution in [0.25, 0.3) is 0 Å². The Labute approximate surface area is 192 Å². The lowest BCUT2D eigenvalue weighted by Gasteiger charge is -2.28. The number of guanidine groups is 1. The third-order valence-electron chi connectivity index (χ3n) is 5.02. The average molecular weight is 508 g/mol. The van der Waals surface area contributed by atoms with Crippen LogP contribution in [0.15, 0.2) is 59.6 Å². The number of morpholine rings is 1. The van der Waals surface area contributed by atoms with Gasteiger partial charge in [-0.15, -0.1) is 24.0 Å². The molecule has 1 fully saturated rings. The van der Waals surface area contributed by atoms with E-state index in [0.717, 1.165) is 45.4 Å². The Morgan fingerprint density at radius 3 is 2.38 bits per heavy atom. The zero-order valence-corrected chi connectivity index (χ0v) is 19.8. The average Bonchev–Trinajstić information content (AvgIpc) is 2.77. The van der Waals surface area contributed by atoms with Crippen molar-refractivity contribution in [1.29, 1.82) is 0 Å². The van der Waals surface area contributed by atoms with E-state index in [1.807, 2.05) is 0 Å². The van der Waals surface area contributed by atoms with Gasteiger partial charge in [-0.05, 0) is 36.1 Å². The molecule has 0 bridgehead atoms. The van der Waals surface area contributed by atoms with Crippen LogP contribution in [0.2, 0.25) is 0 Å². The number of halogens is 1. The number of anilines is 1. The second kappa shape index (κ2) is 12.7. The maximum absolute atomic E-state index is 5.43. The van der Waals surface area contributed by atoms with E-state index in [-0.39, 0.29) is 24.0 Å². The minimum absolute atomic E-state index is 0. The van der Waals surface area contributed by atoms with Crippen LogP contribution in [0.5, 0.6) is 0 Å². The Bertz CT molecular complexity index is 730. The van der Waals surface area contributed by atoms with Crippen molar-refractivity contribution in [1.82, 2.24) is 10.6 Å². The normalized spacial score (nSPS) is 15.4. The van der Waals surface area contributed by atoms with Crippen LogP contribution in [-0.4, -0.2) is 45.4 Å². The number of hydrogen-bond acceptors (Lipinski definition) is 3. The van der Waals surface area contributed by atoms with Crippen molar-refractivity contribution in [2.45, 2.75) is 26.3 Å². The fourth-order valence-corrected chi connectivity index (χ4v) is 3.30. The molecule has 1 aliphatic rings. The second-order valence-electron chi connectivity index (χ2n) is 7.15. The first-order valence-corrected chi connectivity index (χ1v) is 10.2. The van der Waals surface area contributed by atoms with Gasteiger partial charge >= 0.3 is 0 Å². The molecule has 0 radical (unpaired) electrons. The molecule has 1 atom stereocenters. The SMILES string of the molecule is CCNC(=NCc1ccc(N2CCOCC2)cc1)NCC(C)c1ccccc1.I. The van der Waals surface area contributed by atoms with E-state index in [9.17, 15) is 0 Å². The van der Waals surface area contributed by atoms with Crippen molar-refractivity contribution in [3.8, 4) is 0 Å². The molecule has 5 nitrogen and oxygen atoms in total. The molecule has 0 aliphatic carbocycles. The number of rotatable bonds is 7. The van der Waals surface area contributed by atoms with Crippen molar-refractivity contribution in [2.75, 3.05) is 44.3 Å². The maximum Gasteiger partial charge on any atom is 0.191 e. The van der Waals surface area contributed by atoms with E-state index in [1.165, 1.54) is 16.8 Å². The molecule has 1 saturated heterocycles. The van der Waals surface area contributed by atoms with Crippen molar-refractivity contribution >= 4 is 35.6 Å². The van der Waals surface area contributed by atoms with Gasteiger partial charge in [-0.1, -0.05) is 49.4 Å². The number of hydrogen-bond donors (Lipinski definition) is 2. The standard InChI is InChI=1S/C23H32N4O.HI/c1-3-24-23(25-17-19(2)21-7-5-4-6-8-21)26-18-20-9-11-22(12-10-20)27-13-15-28-16-14-27;/h4-12,19H,3,13-18H2,1-2H3,(H2,24,25,26);1H. The van der Waals surface area contributed by atoms with E-state index in [2.05, 4.69) is 84.0 Å². The number of nitrogens with one attached hydrogen (secondary N) is 2. The van der Waals surface area contributed by atoms with Gasteiger partial charge in [0.1, 0.15) is 0 Å². The summed E-state index contributed by atoms with van der Waals surface area (Å²) < 4.78 is 5.43. The summed E-state index contributed by atoms with van der Waals surface area (Å²) in [4.78, 5) is 7.12. The number of aliphatic imine (C=N–C) groups is 1. The third kappa shape index (κ3) is 7.51. The lowest BCUT2D eigenvalue weighted by atomic mass is 10.0. The van der Waals surface area contributed by atoms with Gasteiger partial charge in [-0.3, -0.25) is 0 Å². The Balaban J connectivity index is 0.00000300. The number of ether oxygens (including phenoxy) is 1. The minimum atomic E-state index is 0. The van der Waals surface area contributed by atoms with Crippen LogP contribution in [0.1, 0.15) is 30.9 Å². The van der Waals surface area contributed by atoms with Crippen LogP contribution in [0.3, 0.4) is 0 Å². The fraction of sp³-hybridized carbons (Fsp3) is 0.435. The maximum atomic E-state index is 5.43. The predicted molar refractivity (Wildman–Crippen MR) is 133 cm³/mol. The van der Waals surface area contributed by atoms with E-state index < -0.39 is 0 Å². The fourth-order valence-electron chi connectivity index (χ4n) is 3.30. The number of nitrogens with zero attached hydrogens (tertiary/aromatic N) is 2. The summed E-state index contributed by atoms with van der Waals surface area (Å²) in [6.45, 7) is 10.2. The molecule has 3 rings (SSSR count). The molecule has 29 heavy (non-hydrogen) atoms. The molecule has 6 heteroatoms. The Morgan fingerprint density at radius 2 is 1.72 bits per heavy atom. The zero-order chi connectivity index (χ0) is 19.6. The molecule has 2 aromatic carbocycles. The van der Waals surface area contributed by atoms with Crippen LogP contribution >= 0.6 is 24.0 Å². The summed E-state index contributed by atoms with van der Waals surface area (Å²) in [7, 11) is 0. The van der Waals surface area contributed by atoms with Crippen molar-refractivity contribution in [3.63, 3.8) is 0 Å². The molecule has 0 spiro atoms. The second-order valence-corrected chi connectivity index (χ2v) is 7.15. The summed E-state index contributed by atoms with van der Waals surface area (Å²) in [6, 6.07) is 19.3. The molecule has 1 aliphatic heterocycles. The quantitative estimate of drug-likeness (QED) is 0.337. The molecule has 1 unspecified atom stereocenters. The highest BCUT2D eigenvalue weighted by Gasteiger charge is 2.11. The van der Waals surface area contributed by atoms with E-state index in [4.69, 9.17) is 9.73 Å².